The molecule has 0 bridgehead atoms. The summed E-state index contributed by atoms with van der Waals surface area (Å²) in [7, 11) is 0. The highest BCUT2D eigenvalue weighted by atomic mass is 32.2. The average Bonchev–Trinajstić information content (AvgIpc) is 2.78. The molecule has 17 heavy (non-hydrogen) atoms. The predicted molar refractivity (Wildman–Crippen MR) is 73.6 cm³/mol. The molecule has 0 amide bonds. The predicted octanol–water partition coefficient (Wildman–Crippen LogP) is 2.12. The van der Waals surface area contributed by atoms with Crippen LogP contribution in [-0.4, -0.2) is 29.7 Å². The smallest absolute Gasteiger partial charge is 0.168 e. The number of hydrogen-bond donors (Lipinski definition) is 1. The summed E-state index contributed by atoms with van der Waals surface area (Å²) >= 11 is 1.73. The Balaban J connectivity index is 2.05. The minimum atomic E-state index is 0.588. The maximum absolute atomic E-state index is 5.86. The Morgan fingerprint density at radius 3 is 2.88 bits per heavy atom. The summed E-state index contributed by atoms with van der Waals surface area (Å²) in [5, 5.41) is 1.12. The first-order valence-electron chi connectivity index (χ1n) is 5.88. The van der Waals surface area contributed by atoms with Crippen LogP contribution in [0.15, 0.2) is 40.2 Å². The highest BCUT2D eigenvalue weighted by Crippen LogP contribution is 2.40. The summed E-state index contributed by atoms with van der Waals surface area (Å²) in [4.78, 5) is 8.12. The zero-order valence-corrected chi connectivity index (χ0v) is 10.4. The summed E-state index contributed by atoms with van der Waals surface area (Å²) in [6.45, 7) is 2.59. The topological polar surface area (TPSA) is 41.6 Å². The van der Waals surface area contributed by atoms with Gasteiger partial charge in [0.05, 0.1) is 5.70 Å². The number of fused-ring (bicyclic) bond motifs is 1. The van der Waals surface area contributed by atoms with E-state index in [-0.39, 0.29) is 0 Å². The molecule has 0 saturated carbocycles. The fraction of sp³-hybridized carbons (Fsp3) is 0.308. The SMILES string of the molecule is NCC1=C(c2ccccc2)N2CCCN=C2S1. The monoisotopic (exact) mass is 245 g/mol. The van der Waals surface area contributed by atoms with Crippen molar-refractivity contribution in [3.05, 3.63) is 40.8 Å². The molecule has 4 heteroatoms. The summed E-state index contributed by atoms with van der Waals surface area (Å²) in [5.74, 6) is 0. The highest BCUT2D eigenvalue weighted by Gasteiger charge is 2.30. The van der Waals surface area contributed by atoms with Gasteiger partial charge >= 0.3 is 0 Å². The van der Waals surface area contributed by atoms with Crippen molar-refractivity contribution in [3.8, 4) is 0 Å². The minimum absolute atomic E-state index is 0.588. The molecule has 0 aromatic heterocycles. The van der Waals surface area contributed by atoms with Crippen molar-refractivity contribution in [2.75, 3.05) is 19.6 Å². The van der Waals surface area contributed by atoms with E-state index < -0.39 is 0 Å². The van der Waals surface area contributed by atoms with Gasteiger partial charge in [-0.2, -0.15) is 0 Å². The van der Waals surface area contributed by atoms with Crippen molar-refractivity contribution < 1.29 is 0 Å². The van der Waals surface area contributed by atoms with E-state index in [1.165, 1.54) is 16.2 Å². The number of aliphatic imine (C=N–C) groups is 1. The van der Waals surface area contributed by atoms with E-state index in [9.17, 15) is 0 Å². The summed E-state index contributed by atoms with van der Waals surface area (Å²) in [5.41, 5.74) is 8.36. The van der Waals surface area contributed by atoms with Crippen LogP contribution < -0.4 is 5.73 Å². The molecule has 88 valence electrons. The van der Waals surface area contributed by atoms with E-state index >= 15 is 0 Å². The lowest BCUT2D eigenvalue weighted by Crippen LogP contribution is -2.29. The van der Waals surface area contributed by atoms with E-state index in [1.807, 2.05) is 6.07 Å². The van der Waals surface area contributed by atoms with Crippen molar-refractivity contribution in [1.29, 1.82) is 0 Å². The van der Waals surface area contributed by atoms with E-state index in [2.05, 4.69) is 34.2 Å². The Morgan fingerprint density at radius 2 is 2.12 bits per heavy atom. The Bertz CT molecular complexity index is 479. The molecule has 2 N–H and O–H groups in total. The van der Waals surface area contributed by atoms with Gasteiger partial charge in [-0.15, -0.1) is 0 Å². The molecule has 0 aliphatic carbocycles. The third-order valence-corrected chi connectivity index (χ3v) is 4.14. The molecular formula is C13H15N3S. The van der Waals surface area contributed by atoms with Crippen LogP contribution in [0.5, 0.6) is 0 Å². The van der Waals surface area contributed by atoms with Gasteiger partial charge in [-0.1, -0.05) is 42.1 Å². The van der Waals surface area contributed by atoms with Crippen molar-refractivity contribution in [3.63, 3.8) is 0 Å². The number of benzene rings is 1. The number of thioether (sulfide) groups is 1. The van der Waals surface area contributed by atoms with Crippen LogP contribution >= 0.6 is 11.8 Å². The maximum Gasteiger partial charge on any atom is 0.168 e. The first kappa shape index (κ1) is 10.9. The highest BCUT2D eigenvalue weighted by molar-refractivity contribution is 8.17. The molecule has 2 aliphatic rings. The van der Waals surface area contributed by atoms with Crippen LogP contribution in [0.1, 0.15) is 12.0 Å². The van der Waals surface area contributed by atoms with Crippen LogP contribution in [0.25, 0.3) is 5.70 Å². The lowest BCUT2D eigenvalue weighted by atomic mass is 10.1. The molecule has 0 fully saturated rings. The second kappa shape index (κ2) is 4.55. The van der Waals surface area contributed by atoms with Crippen molar-refractivity contribution in [2.45, 2.75) is 6.42 Å². The van der Waals surface area contributed by atoms with E-state index in [4.69, 9.17) is 5.73 Å². The Hall–Kier alpha value is -1.26. The van der Waals surface area contributed by atoms with E-state index in [0.717, 1.165) is 24.7 Å². The van der Waals surface area contributed by atoms with Gasteiger partial charge in [0.25, 0.3) is 0 Å². The van der Waals surface area contributed by atoms with Crippen molar-refractivity contribution in [1.82, 2.24) is 4.90 Å². The largest absolute Gasteiger partial charge is 0.326 e. The van der Waals surface area contributed by atoms with E-state index in [1.54, 1.807) is 11.8 Å². The van der Waals surface area contributed by atoms with Gasteiger partial charge in [-0.3, -0.25) is 4.99 Å². The van der Waals surface area contributed by atoms with Crippen LogP contribution in [0.3, 0.4) is 0 Å². The molecule has 3 nitrogen and oxygen atoms in total. The summed E-state index contributed by atoms with van der Waals surface area (Å²) in [6.07, 6.45) is 1.12. The molecule has 0 saturated heterocycles. The average molecular weight is 245 g/mol. The quantitative estimate of drug-likeness (QED) is 0.867. The fourth-order valence-corrected chi connectivity index (χ4v) is 3.32. The summed E-state index contributed by atoms with van der Waals surface area (Å²) < 4.78 is 0. The Labute approximate surface area is 105 Å². The zero-order valence-electron chi connectivity index (χ0n) is 9.60. The number of amidine groups is 1. The second-order valence-corrected chi connectivity index (χ2v) is 5.18. The van der Waals surface area contributed by atoms with Gasteiger partial charge in [-0.05, 0) is 12.0 Å². The zero-order chi connectivity index (χ0) is 11.7. The van der Waals surface area contributed by atoms with Crippen LogP contribution in [0.2, 0.25) is 0 Å². The van der Waals surface area contributed by atoms with Gasteiger partial charge in [-0.25, -0.2) is 0 Å². The van der Waals surface area contributed by atoms with Crippen molar-refractivity contribution in [2.24, 2.45) is 10.7 Å². The number of nitrogens with two attached hydrogens (primary N) is 1. The molecule has 2 aliphatic heterocycles. The van der Waals surface area contributed by atoms with Gasteiger partial charge in [0, 0.05) is 24.5 Å². The van der Waals surface area contributed by atoms with Crippen LogP contribution in [0.4, 0.5) is 0 Å². The fourth-order valence-electron chi connectivity index (χ4n) is 2.24. The van der Waals surface area contributed by atoms with E-state index in [0.29, 0.717) is 6.54 Å². The third-order valence-electron chi connectivity index (χ3n) is 3.00. The number of hydrogen-bond acceptors (Lipinski definition) is 4. The number of nitrogens with zero attached hydrogens (tertiary/aromatic N) is 2. The van der Waals surface area contributed by atoms with Crippen molar-refractivity contribution >= 4 is 22.6 Å². The molecular weight excluding hydrogens is 230 g/mol. The molecule has 0 atom stereocenters. The molecule has 2 heterocycles. The lowest BCUT2D eigenvalue weighted by molar-refractivity contribution is 0.540. The Morgan fingerprint density at radius 1 is 1.29 bits per heavy atom. The van der Waals surface area contributed by atoms with Gasteiger partial charge < -0.3 is 10.6 Å². The normalized spacial score (nSPS) is 19.4. The van der Waals surface area contributed by atoms with Gasteiger partial charge in [0.15, 0.2) is 5.17 Å². The van der Waals surface area contributed by atoms with Gasteiger partial charge in [0.2, 0.25) is 0 Å². The molecule has 1 aromatic rings. The van der Waals surface area contributed by atoms with Crippen LogP contribution in [0, 0.1) is 0 Å². The molecule has 0 spiro atoms. The Kier molecular flexibility index (Phi) is 2.91. The molecule has 1 aromatic carbocycles. The van der Waals surface area contributed by atoms with Crippen LogP contribution in [-0.2, 0) is 0 Å². The maximum atomic E-state index is 5.86. The molecule has 0 unspecified atom stereocenters. The molecule has 3 rings (SSSR count). The first-order chi connectivity index (χ1) is 8.40. The standard InChI is InChI=1S/C13H15N3S/c14-9-11-12(10-5-2-1-3-6-10)16-8-4-7-15-13(16)17-11/h1-3,5-6H,4,7-9,14H2. The molecule has 0 radical (unpaired) electrons. The third kappa shape index (κ3) is 1.87. The minimum Gasteiger partial charge on any atom is -0.326 e. The lowest BCUT2D eigenvalue weighted by Gasteiger charge is -2.25. The second-order valence-electron chi connectivity index (χ2n) is 4.11. The number of rotatable bonds is 2. The summed E-state index contributed by atoms with van der Waals surface area (Å²) in [6, 6.07) is 10.5. The first-order valence-corrected chi connectivity index (χ1v) is 6.70. The van der Waals surface area contributed by atoms with Gasteiger partial charge in [0.1, 0.15) is 0 Å².